The second kappa shape index (κ2) is 2.06. The minimum atomic E-state index is -0.350. The van der Waals surface area contributed by atoms with Gasteiger partial charge in [0.2, 0.25) is 0 Å². The summed E-state index contributed by atoms with van der Waals surface area (Å²) in [7, 11) is 0. The van der Waals surface area contributed by atoms with Gasteiger partial charge in [0.05, 0.1) is 11.7 Å². The van der Waals surface area contributed by atoms with Crippen molar-refractivity contribution in [3.05, 3.63) is 0 Å². The minimum absolute atomic E-state index is 0.0830. The highest BCUT2D eigenvalue weighted by Crippen LogP contribution is 2.13. The summed E-state index contributed by atoms with van der Waals surface area (Å²) in [6.45, 7) is 1.95. The molecule has 1 fully saturated rings. The number of carbonyl (C=O) groups is 1. The minimum Gasteiger partial charge on any atom is -0.322 e. The molecular formula is C5H11N3O. The second-order valence-electron chi connectivity index (χ2n) is 2.59. The molecule has 1 aliphatic rings. The zero-order valence-electron chi connectivity index (χ0n) is 5.35. The van der Waals surface area contributed by atoms with Gasteiger partial charge in [0.15, 0.2) is 0 Å². The standard InChI is InChI=1S/C5H11N3O/c1-5(7-8-5)2-4(6)3-9/h3-4,7-8H,2,6H2,1H3/t4-/m0/s1. The molecule has 0 amide bonds. The maximum atomic E-state index is 10.0. The molecule has 0 saturated carbocycles. The molecule has 0 unspecified atom stereocenters. The zero-order valence-corrected chi connectivity index (χ0v) is 5.35. The van der Waals surface area contributed by atoms with E-state index in [-0.39, 0.29) is 11.7 Å². The Bertz CT molecular complexity index is 121. The molecule has 0 aromatic rings. The summed E-state index contributed by atoms with van der Waals surface area (Å²) in [5.41, 5.74) is 11.0. The number of rotatable bonds is 3. The normalized spacial score (nSPS) is 25.1. The molecular weight excluding hydrogens is 118 g/mol. The highest BCUT2D eigenvalue weighted by Gasteiger charge is 2.37. The third-order valence-corrected chi connectivity index (χ3v) is 1.37. The van der Waals surface area contributed by atoms with E-state index in [0.717, 1.165) is 6.29 Å². The van der Waals surface area contributed by atoms with Gasteiger partial charge < -0.3 is 10.5 Å². The molecule has 0 aromatic heterocycles. The Balaban J connectivity index is 2.24. The molecule has 4 N–H and O–H groups in total. The molecule has 4 nitrogen and oxygen atoms in total. The van der Waals surface area contributed by atoms with Crippen LogP contribution in [0.25, 0.3) is 0 Å². The second-order valence-corrected chi connectivity index (χ2v) is 2.59. The quantitative estimate of drug-likeness (QED) is 0.327. The molecule has 0 radical (unpaired) electrons. The van der Waals surface area contributed by atoms with Gasteiger partial charge in [-0.15, -0.1) is 0 Å². The molecule has 1 atom stereocenters. The average Bonchev–Trinajstić information content (AvgIpc) is 2.48. The van der Waals surface area contributed by atoms with Gasteiger partial charge in [-0.05, 0) is 6.92 Å². The van der Waals surface area contributed by atoms with Gasteiger partial charge in [0.25, 0.3) is 0 Å². The van der Waals surface area contributed by atoms with Gasteiger partial charge in [-0.2, -0.15) is 0 Å². The first-order chi connectivity index (χ1) is 4.16. The van der Waals surface area contributed by atoms with Gasteiger partial charge in [-0.1, -0.05) is 0 Å². The Morgan fingerprint density at radius 3 is 2.67 bits per heavy atom. The predicted octanol–water partition coefficient (Wildman–Crippen LogP) is -1.27. The van der Waals surface area contributed by atoms with E-state index in [1.54, 1.807) is 0 Å². The van der Waals surface area contributed by atoms with Crippen molar-refractivity contribution in [3.63, 3.8) is 0 Å². The number of hydrogen-bond donors (Lipinski definition) is 3. The van der Waals surface area contributed by atoms with Crippen LogP contribution >= 0.6 is 0 Å². The summed E-state index contributed by atoms with van der Waals surface area (Å²) in [6, 6.07) is -0.350. The first kappa shape index (κ1) is 6.67. The lowest BCUT2D eigenvalue weighted by molar-refractivity contribution is -0.109. The lowest BCUT2D eigenvalue weighted by atomic mass is 10.1. The first-order valence-electron chi connectivity index (χ1n) is 2.91. The molecule has 1 aliphatic heterocycles. The van der Waals surface area contributed by atoms with Crippen molar-refractivity contribution in [2.45, 2.75) is 25.0 Å². The lowest BCUT2D eigenvalue weighted by Crippen LogP contribution is -2.29. The molecule has 1 heterocycles. The highest BCUT2D eigenvalue weighted by molar-refractivity contribution is 5.57. The average molecular weight is 129 g/mol. The molecule has 4 heteroatoms. The van der Waals surface area contributed by atoms with E-state index in [4.69, 9.17) is 5.73 Å². The van der Waals surface area contributed by atoms with Crippen molar-refractivity contribution < 1.29 is 4.79 Å². The molecule has 1 saturated heterocycles. The highest BCUT2D eigenvalue weighted by atomic mass is 16.1. The monoisotopic (exact) mass is 129 g/mol. The molecule has 0 spiro atoms. The molecule has 1 rings (SSSR count). The van der Waals surface area contributed by atoms with E-state index in [1.165, 1.54) is 0 Å². The number of hydrogen-bond acceptors (Lipinski definition) is 4. The molecule has 0 bridgehead atoms. The fourth-order valence-corrected chi connectivity index (χ4v) is 0.728. The van der Waals surface area contributed by atoms with Crippen LogP contribution in [0.5, 0.6) is 0 Å². The van der Waals surface area contributed by atoms with E-state index in [9.17, 15) is 4.79 Å². The van der Waals surface area contributed by atoms with E-state index in [1.807, 2.05) is 6.92 Å². The summed E-state index contributed by atoms with van der Waals surface area (Å²) in [5.74, 6) is 0. The number of hydrazine groups is 1. The van der Waals surface area contributed by atoms with E-state index < -0.39 is 0 Å². The van der Waals surface area contributed by atoms with Gasteiger partial charge in [-0.3, -0.25) is 0 Å². The van der Waals surface area contributed by atoms with Crippen molar-refractivity contribution in [2.75, 3.05) is 0 Å². The Hall–Kier alpha value is -0.450. The smallest absolute Gasteiger partial charge is 0.136 e. The maximum Gasteiger partial charge on any atom is 0.136 e. The van der Waals surface area contributed by atoms with Crippen molar-refractivity contribution in [1.82, 2.24) is 10.9 Å². The van der Waals surface area contributed by atoms with Crippen LogP contribution < -0.4 is 16.6 Å². The van der Waals surface area contributed by atoms with Crippen molar-refractivity contribution in [2.24, 2.45) is 5.73 Å². The fourth-order valence-electron chi connectivity index (χ4n) is 0.728. The number of aldehydes is 1. The summed E-state index contributed by atoms with van der Waals surface area (Å²) in [6.07, 6.45) is 1.41. The SMILES string of the molecule is CC1(C[C@H](N)C=O)NN1. The van der Waals surface area contributed by atoms with Crippen molar-refractivity contribution in [3.8, 4) is 0 Å². The van der Waals surface area contributed by atoms with Crippen LogP contribution in [-0.2, 0) is 4.79 Å². The van der Waals surface area contributed by atoms with E-state index in [2.05, 4.69) is 10.9 Å². The third kappa shape index (κ3) is 1.74. The predicted molar refractivity (Wildman–Crippen MR) is 33.3 cm³/mol. The Kier molecular flexibility index (Phi) is 1.52. The Morgan fingerprint density at radius 1 is 1.78 bits per heavy atom. The molecule has 0 aliphatic carbocycles. The third-order valence-electron chi connectivity index (χ3n) is 1.37. The van der Waals surface area contributed by atoms with Gasteiger partial charge >= 0.3 is 0 Å². The molecule has 0 aromatic carbocycles. The summed E-state index contributed by atoms with van der Waals surface area (Å²) in [4.78, 5) is 10.0. The largest absolute Gasteiger partial charge is 0.322 e. The number of carbonyl (C=O) groups excluding carboxylic acids is 1. The van der Waals surface area contributed by atoms with E-state index in [0.29, 0.717) is 6.42 Å². The van der Waals surface area contributed by atoms with Gasteiger partial charge in [0.1, 0.15) is 6.29 Å². The zero-order chi connectivity index (χ0) is 6.91. The van der Waals surface area contributed by atoms with Crippen molar-refractivity contribution >= 4 is 6.29 Å². The maximum absolute atomic E-state index is 10.0. The van der Waals surface area contributed by atoms with Crippen LogP contribution in [0, 0.1) is 0 Å². The van der Waals surface area contributed by atoms with Crippen LogP contribution in [0.15, 0.2) is 0 Å². The van der Waals surface area contributed by atoms with Crippen LogP contribution in [0.1, 0.15) is 13.3 Å². The summed E-state index contributed by atoms with van der Waals surface area (Å²) < 4.78 is 0. The Labute approximate surface area is 53.8 Å². The van der Waals surface area contributed by atoms with Crippen LogP contribution in [0.4, 0.5) is 0 Å². The number of nitrogens with two attached hydrogens (primary N) is 1. The molecule has 9 heavy (non-hydrogen) atoms. The van der Waals surface area contributed by atoms with E-state index >= 15 is 0 Å². The summed E-state index contributed by atoms with van der Waals surface area (Å²) >= 11 is 0. The van der Waals surface area contributed by atoms with Crippen LogP contribution in [0.3, 0.4) is 0 Å². The van der Waals surface area contributed by atoms with Crippen LogP contribution in [0.2, 0.25) is 0 Å². The first-order valence-corrected chi connectivity index (χ1v) is 2.91. The van der Waals surface area contributed by atoms with Crippen molar-refractivity contribution in [1.29, 1.82) is 0 Å². The lowest BCUT2D eigenvalue weighted by Gasteiger charge is -2.05. The Morgan fingerprint density at radius 2 is 2.33 bits per heavy atom. The van der Waals surface area contributed by atoms with Gasteiger partial charge in [-0.25, -0.2) is 10.9 Å². The fraction of sp³-hybridized carbons (Fsp3) is 0.800. The number of nitrogens with one attached hydrogen (secondary N) is 2. The van der Waals surface area contributed by atoms with Crippen LogP contribution in [-0.4, -0.2) is 18.0 Å². The van der Waals surface area contributed by atoms with Gasteiger partial charge in [0, 0.05) is 6.42 Å². The molecule has 52 valence electrons. The topological polar surface area (TPSA) is 87.0 Å². The summed E-state index contributed by atoms with van der Waals surface area (Å²) in [5, 5.41) is 0.